The Morgan fingerprint density at radius 2 is 1.88 bits per heavy atom. The third-order valence-electron chi connectivity index (χ3n) is 6.48. The van der Waals surface area contributed by atoms with Gasteiger partial charge in [-0.1, -0.05) is 6.42 Å². The summed E-state index contributed by atoms with van der Waals surface area (Å²) in [7, 11) is 4.17. The molecular formula is C20H31N5O. The van der Waals surface area contributed by atoms with Crippen LogP contribution in [-0.2, 0) is 17.6 Å². The van der Waals surface area contributed by atoms with Crippen LogP contribution in [0.4, 0.5) is 5.82 Å². The Hall–Kier alpha value is -1.69. The van der Waals surface area contributed by atoms with Crippen LogP contribution < -0.4 is 4.90 Å². The number of carbonyl (C=O) groups is 1. The van der Waals surface area contributed by atoms with Crippen molar-refractivity contribution < 1.29 is 4.79 Å². The van der Waals surface area contributed by atoms with Crippen LogP contribution in [0.15, 0.2) is 6.07 Å². The lowest BCUT2D eigenvalue weighted by Gasteiger charge is -2.46. The number of amides is 1. The van der Waals surface area contributed by atoms with E-state index in [1.54, 1.807) is 0 Å². The quantitative estimate of drug-likeness (QED) is 0.823. The smallest absolute Gasteiger partial charge is 0.222 e. The first-order valence-corrected chi connectivity index (χ1v) is 10.2. The zero-order valence-corrected chi connectivity index (χ0v) is 16.2. The van der Waals surface area contributed by atoms with Gasteiger partial charge in [0, 0.05) is 45.2 Å². The Morgan fingerprint density at radius 1 is 1.12 bits per heavy atom. The number of hydrogen-bond acceptors (Lipinski definition) is 5. The van der Waals surface area contributed by atoms with Gasteiger partial charge in [-0.25, -0.2) is 0 Å². The third kappa shape index (κ3) is 3.56. The second-order valence-corrected chi connectivity index (χ2v) is 8.28. The van der Waals surface area contributed by atoms with Gasteiger partial charge in [0.1, 0.15) is 0 Å². The fourth-order valence-electron chi connectivity index (χ4n) is 4.48. The highest BCUT2D eigenvalue weighted by atomic mass is 16.2. The molecule has 1 aliphatic carbocycles. The van der Waals surface area contributed by atoms with Crippen LogP contribution in [0, 0.1) is 0 Å². The molecule has 0 N–H and O–H groups in total. The number of aryl methyl sites for hydroxylation is 2. The molecule has 6 nitrogen and oxygen atoms in total. The molecule has 1 unspecified atom stereocenters. The second kappa shape index (κ2) is 7.51. The van der Waals surface area contributed by atoms with Crippen LogP contribution in [0.2, 0.25) is 0 Å². The van der Waals surface area contributed by atoms with Gasteiger partial charge in [-0.3, -0.25) is 9.69 Å². The maximum atomic E-state index is 12.1. The van der Waals surface area contributed by atoms with E-state index in [0.717, 1.165) is 57.6 Å². The Balaban J connectivity index is 1.32. The van der Waals surface area contributed by atoms with Gasteiger partial charge in [0.2, 0.25) is 5.91 Å². The molecule has 1 aromatic rings. The van der Waals surface area contributed by atoms with Crippen molar-refractivity contribution in [1.82, 2.24) is 20.0 Å². The molecule has 3 aliphatic rings. The molecule has 4 rings (SSSR count). The molecule has 2 fully saturated rings. The Morgan fingerprint density at radius 3 is 2.73 bits per heavy atom. The number of carbonyl (C=O) groups excluding carboxylic acids is 1. The molecule has 0 aromatic carbocycles. The number of fused-ring (bicyclic) bond motifs is 1. The van der Waals surface area contributed by atoms with Crippen LogP contribution in [0.1, 0.15) is 49.8 Å². The van der Waals surface area contributed by atoms with E-state index in [2.05, 4.69) is 33.1 Å². The number of anilines is 1. The minimum atomic E-state index is 0.306. The summed E-state index contributed by atoms with van der Waals surface area (Å²) in [6, 6.07) is 3.15. The van der Waals surface area contributed by atoms with E-state index in [9.17, 15) is 4.79 Å². The lowest BCUT2D eigenvalue weighted by atomic mass is 9.96. The summed E-state index contributed by atoms with van der Waals surface area (Å²) in [6.45, 7) is 2.99. The molecule has 142 valence electrons. The van der Waals surface area contributed by atoms with E-state index in [4.69, 9.17) is 0 Å². The van der Waals surface area contributed by atoms with Crippen LogP contribution in [0.5, 0.6) is 0 Å². The van der Waals surface area contributed by atoms with Gasteiger partial charge in [0.15, 0.2) is 5.82 Å². The van der Waals surface area contributed by atoms with E-state index in [1.165, 1.54) is 24.1 Å². The third-order valence-corrected chi connectivity index (χ3v) is 6.48. The molecule has 6 heteroatoms. The number of nitrogens with zero attached hydrogens (tertiary/aromatic N) is 5. The largest absolute Gasteiger partial charge is 0.352 e. The molecule has 3 heterocycles. The first-order chi connectivity index (χ1) is 12.6. The molecule has 0 radical (unpaired) electrons. The minimum absolute atomic E-state index is 0.306. The van der Waals surface area contributed by atoms with Gasteiger partial charge in [0.05, 0.1) is 5.69 Å². The number of aromatic nitrogens is 2. The summed E-state index contributed by atoms with van der Waals surface area (Å²) in [6.07, 6.45) is 8.80. The summed E-state index contributed by atoms with van der Waals surface area (Å²) in [5.74, 6) is 1.34. The maximum absolute atomic E-state index is 12.1. The SMILES string of the molecule is CN(CC1CCCCC(=O)N1C)C1CN(c2cc3c(nn2)CCCC3)C1. The van der Waals surface area contributed by atoms with Gasteiger partial charge in [-0.2, -0.15) is 5.10 Å². The molecule has 2 aliphatic heterocycles. The number of rotatable bonds is 4. The fourth-order valence-corrected chi connectivity index (χ4v) is 4.48. The first kappa shape index (κ1) is 17.7. The fraction of sp³-hybridized carbons (Fsp3) is 0.750. The molecule has 0 spiro atoms. The average Bonchev–Trinajstić information content (AvgIpc) is 2.76. The van der Waals surface area contributed by atoms with E-state index < -0.39 is 0 Å². The molecule has 0 bridgehead atoms. The van der Waals surface area contributed by atoms with E-state index in [-0.39, 0.29) is 0 Å². The number of hydrogen-bond donors (Lipinski definition) is 0. The lowest BCUT2D eigenvalue weighted by Crippen LogP contribution is -2.60. The highest BCUT2D eigenvalue weighted by molar-refractivity contribution is 5.76. The van der Waals surface area contributed by atoms with Gasteiger partial charge in [0.25, 0.3) is 0 Å². The van der Waals surface area contributed by atoms with E-state index in [1.807, 2.05) is 11.9 Å². The van der Waals surface area contributed by atoms with Gasteiger partial charge < -0.3 is 9.80 Å². The zero-order chi connectivity index (χ0) is 18.1. The Bertz CT molecular complexity index is 658. The van der Waals surface area contributed by atoms with Crippen molar-refractivity contribution in [2.24, 2.45) is 0 Å². The molecule has 1 atom stereocenters. The molecule has 26 heavy (non-hydrogen) atoms. The summed E-state index contributed by atoms with van der Waals surface area (Å²) in [5, 5.41) is 8.93. The number of likely N-dealkylation sites (tertiary alicyclic amines) is 1. The van der Waals surface area contributed by atoms with Crippen LogP contribution >= 0.6 is 0 Å². The molecule has 2 saturated heterocycles. The minimum Gasteiger partial charge on any atom is -0.352 e. The predicted octanol–water partition coefficient (Wildman–Crippen LogP) is 1.88. The number of likely N-dealkylation sites (N-methyl/N-ethyl adjacent to an activating group) is 2. The van der Waals surface area contributed by atoms with Crippen molar-refractivity contribution in [2.75, 3.05) is 38.6 Å². The normalized spacial score (nSPS) is 24.4. The van der Waals surface area contributed by atoms with Gasteiger partial charge >= 0.3 is 0 Å². The average molecular weight is 358 g/mol. The molecule has 1 aromatic heterocycles. The van der Waals surface area contributed by atoms with Crippen molar-refractivity contribution in [1.29, 1.82) is 0 Å². The monoisotopic (exact) mass is 357 g/mol. The Labute approximate surface area is 156 Å². The highest BCUT2D eigenvalue weighted by Crippen LogP contribution is 2.26. The first-order valence-electron chi connectivity index (χ1n) is 10.2. The summed E-state index contributed by atoms with van der Waals surface area (Å²) >= 11 is 0. The maximum Gasteiger partial charge on any atom is 0.222 e. The second-order valence-electron chi connectivity index (χ2n) is 8.28. The Kier molecular flexibility index (Phi) is 5.11. The highest BCUT2D eigenvalue weighted by Gasteiger charge is 2.34. The topological polar surface area (TPSA) is 52.6 Å². The van der Waals surface area contributed by atoms with Gasteiger partial charge in [-0.05, 0) is 57.2 Å². The van der Waals surface area contributed by atoms with Crippen molar-refractivity contribution >= 4 is 11.7 Å². The zero-order valence-electron chi connectivity index (χ0n) is 16.2. The van der Waals surface area contributed by atoms with Crippen molar-refractivity contribution in [2.45, 2.75) is 63.5 Å². The molecular weight excluding hydrogens is 326 g/mol. The molecule has 1 amide bonds. The summed E-state index contributed by atoms with van der Waals surface area (Å²) < 4.78 is 0. The summed E-state index contributed by atoms with van der Waals surface area (Å²) in [5.41, 5.74) is 2.60. The lowest BCUT2D eigenvalue weighted by molar-refractivity contribution is -0.131. The van der Waals surface area contributed by atoms with E-state index >= 15 is 0 Å². The molecule has 0 saturated carbocycles. The van der Waals surface area contributed by atoms with Crippen LogP contribution in [-0.4, -0.2) is 71.7 Å². The standard InChI is InChI=1S/C20H31N5O/c1-23(12-16-8-4-6-10-20(26)24(16)2)17-13-25(14-17)19-11-15-7-3-5-9-18(15)21-22-19/h11,16-17H,3-10,12-14H2,1-2H3. The van der Waals surface area contributed by atoms with Crippen LogP contribution in [0.3, 0.4) is 0 Å². The van der Waals surface area contributed by atoms with Gasteiger partial charge in [-0.15, -0.1) is 5.10 Å². The van der Waals surface area contributed by atoms with Crippen molar-refractivity contribution in [3.05, 3.63) is 17.3 Å². The van der Waals surface area contributed by atoms with E-state index in [0.29, 0.717) is 24.4 Å². The van der Waals surface area contributed by atoms with Crippen molar-refractivity contribution in [3.63, 3.8) is 0 Å². The predicted molar refractivity (Wildman–Crippen MR) is 102 cm³/mol. The van der Waals surface area contributed by atoms with Crippen molar-refractivity contribution in [3.8, 4) is 0 Å². The summed E-state index contributed by atoms with van der Waals surface area (Å²) in [4.78, 5) is 18.8. The van der Waals surface area contributed by atoms with Crippen LogP contribution in [0.25, 0.3) is 0 Å².